The summed E-state index contributed by atoms with van der Waals surface area (Å²) in [5.41, 5.74) is 5.90. The molecular formula is C17H32ClN3O4. The third-order valence-corrected chi connectivity index (χ3v) is 4.50. The topological polar surface area (TPSA) is 113 Å². The van der Waals surface area contributed by atoms with Crippen molar-refractivity contribution < 1.29 is 19.5 Å². The van der Waals surface area contributed by atoms with Gasteiger partial charge in [-0.1, -0.05) is 27.7 Å². The molecule has 0 saturated carbocycles. The average Bonchev–Trinajstić information content (AvgIpc) is 2.52. The van der Waals surface area contributed by atoms with Crippen LogP contribution >= 0.6 is 12.4 Å². The SMILES string of the molecule is CC(C)C[C@H](NC(=O)C1CCN(C(=O)[C@@H](N)C(C)C)CC1)C(=O)O.Cl. The van der Waals surface area contributed by atoms with E-state index in [2.05, 4.69) is 5.32 Å². The van der Waals surface area contributed by atoms with E-state index in [-0.39, 0.29) is 42.0 Å². The Morgan fingerprint density at radius 2 is 1.68 bits per heavy atom. The first-order chi connectivity index (χ1) is 11.1. The molecule has 4 N–H and O–H groups in total. The van der Waals surface area contributed by atoms with E-state index in [1.165, 1.54) is 0 Å². The summed E-state index contributed by atoms with van der Waals surface area (Å²) in [5, 5.41) is 11.9. The lowest BCUT2D eigenvalue weighted by atomic mass is 9.93. The number of carbonyl (C=O) groups is 3. The van der Waals surface area contributed by atoms with Crippen LogP contribution in [0, 0.1) is 17.8 Å². The molecule has 1 aliphatic rings. The lowest BCUT2D eigenvalue weighted by Crippen LogP contribution is -2.51. The van der Waals surface area contributed by atoms with Gasteiger partial charge >= 0.3 is 5.97 Å². The Bertz CT molecular complexity index is 463. The maximum absolute atomic E-state index is 12.3. The predicted octanol–water partition coefficient (Wildman–Crippen LogP) is 1.25. The number of hydrogen-bond donors (Lipinski definition) is 3. The second-order valence-corrected chi connectivity index (χ2v) is 7.40. The lowest BCUT2D eigenvalue weighted by Gasteiger charge is -2.34. The monoisotopic (exact) mass is 377 g/mol. The molecule has 7 nitrogen and oxygen atoms in total. The van der Waals surface area contributed by atoms with Crippen molar-refractivity contribution in [2.24, 2.45) is 23.5 Å². The van der Waals surface area contributed by atoms with E-state index < -0.39 is 18.1 Å². The van der Waals surface area contributed by atoms with E-state index in [1.54, 1.807) is 4.90 Å². The highest BCUT2D eigenvalue weighted by Crippen LogP contribution is 2.19. The molecule has 0 bridgehead atoms. The van der Waals surface area contributed by atoms with Gasteiger partial charge in [0.05, 0.1) is 6.04 Å². The molecule has 0 aromatic heterocycles. The quantitative estimate of drug-likeness (QED) is 0.618. The van der Waals surface area contributed by atoms with Crippen LogP contribution in [0.25, 0.3) is 0 Å². The van der Waals surface area contributed by atoms with Crippen LogP contribution in [0.3, 0.4) is 0 Å². The first kappa shape index (κ1) is 23.7. The largest absolute Gasteiger partial charge is 0.480 e. The Kier molecular flexibility index (Phi) is 10.0. The maximum atomic E-state index is 12.3. The molecule has 0 spiro atoms. The Hall–Kier alpha value is -1.34. The molecule has 8 heteroatoms. The van der Waals surface area contributed by atoms with Gasteiger partial charge in [0, 0.05) is 19.0 Å². The summed E-state index contributed by atoms with van der Waals surface area (Å²) in [7, 11) is 0. The minimum absolute atomic E-state index is 0. The summed E-state index contributed by atoms with van der Waals surface area (Å²) in [4.78, 5) is 37.5. The Morgan fingerprint density at radius 1 is 1.16 bits per heavy atom. The van der Waals surface area contributed by atoms with Crippen LogP contribution in [0.1, 0.15) is 47.0 Å². The predicted molar refractivity (Wildman–Crippen MR) is 98.4 cm³/mol. The number of aliphatic carboxylic acids is 1. The van der Waals surface area contributed by atoms with Gasteiger partial charge in [-0.15, -0.1) is 12.4 Å². The molecule has 0 aromatic carbocycles. The first-order valence-corrected chi connectivity index (χ1v) is 8.71. The van der Waals surface area contributed by atoms with Crippen molar-refractivity contribution in [2.75, 3.05) is 13.1 Å². The number of halogens is 1. The van der Waals surface area contributed by atoms with Crippen molar-refractivity contribution in [3.05, 3.63) is 0 Å². The molecule has 2 amide bonds. The highest BCUT2D eigenvalue weighted by Gasteiger charge is 2.32. The molecular weight excluding hydrogens is 346 g/mol. The van der Waals surface area contributed by atoms with Gasteiger partial charge in [-0.05, 0) is 31.1 Å². The average molecular weight is 378 g/mol. The van der Waals surface area contributed by atoms with Crippen LogP contribution in [0.2, 0.25) is 0 Å². The number of carbonyl (C=O) groups excluding carboxylic acids is 2. The standard InChI is InChI=1S/C17H31N3O4.ClH/c1-10(2)9-13(17(23)24)19-15(21)12-5-7-20(8-6-12)16(22)14(18)11(3)4;/h10-14H,5-9,18H2,1-4H3,(H,19,21)(H,23,24);1H/t13-,14-;/m0./s1. The van der Waals surface area contributed by atoms with E-state index in [0.29, 0.717) is 32.4 Å². The lowest BCUT2D eigenvalue weighted by molar-refractivity contribution is -0.143. The fourth-order valence-corrected chi connectivity index (χ4v) is 2.84. The van der Waals surface area contributed by atoms with Crippen molar-refractivity contribution in [3.63, 3.8) is 0 Å². The van der Waals surface area contributed by atoms with E-state index in [1.807, 2.05) is 27.7 Å². The highest BCUT2D eigenvalue weighted by molar-refractivity contribution is 5.86. The minimum atomic E-state index is -1.01. The van der Waals surface area contributed by atoms with Gasteiger partial charge in [0.15, 0.2) is 0 Å². The number of carboxylic acids is 1. The molecule has 1 fully saturated rings. The van der Waals surface area contributed by atoms with Gasteiger partial charge < -0.3 is 21.1 Å². The summed E-state index contributed by atoms with van der Waals surface area (Å²) < 4.78 is 0. The normalized spacial score (nSPS) is 17.8. The van der Waals surface area contributed by atoms with E-state index in [9.17, 15) is 19.5 Å². The van der Waals surface area contributed by atoms with Gasteiger partial charge in [-0.2, -0.15) is 0 Å². The number of nitrogens with two attached hydrogens (primary N) is 1. The van der Waals surface area contributed by atoms with Gasteiger partial charge in [0.1, 0.15) is 6.04 Å². The second-order valence-electron chi connectivity index (χ2n) is 7.40. The molecule has 0 aliphatic carbocycles. The molecule has 1 aliphatic heterocycles. The van der Waals surface area contributed by atoms with Crippen molar-refractivity contribution in [2.45, 2.75) is 59.0 Å². The van der Waals surface area contributed by atoms with Crippen LogP contribution in [0.15, 0.2) is 0 Å². The Labute approximate surface area is 156 Å². The first-order valence-electron chi connectivity index (χ1n) is 8.71. The summed E-state index contributed by atoms with van der Waals surface area (Å²) in [6, 6.07) is -1.37. The van der Waals surface area contributed by atoms with Crippen molar-refractivity contribution in [3.8, 4) is 0 Å². The van der Waals surface area contributed by atoms with Crippen LogP contribution in [-0.2, 0) is 14.4 Å². The van der Waals surface area contributed by atoms with Crippen molar-refractivity contribution >= 4 is 30.2 Å². The van der Waals surface area contributed by atoms with Crippen LogP contribution in [0.4, 0.5) is 0 Å². The van der Waals surface area contributed by atoms with Crippen molar-refractivity contribution in [1.82, 2.24) is 10.2 Å². The zero-order valence-corrected chi connectivity index (χ0v) is 16.3. The molecule has 0 aromatic rings. The van der Waals surface area contributed by atoms with E-state index in [4.69, 9.17) is 5.73 Å². The van der Waals surface area contributed by atoms with E-state index >= 15 is 0 Å². The summed E-state index contributed by atoms with van der Waals surface area (Å²) >= 11 is 0. The molecule has 0 unspecified atom stereocenters. The van der Waals surface area contributed by atoms with Crippen LogP contribution < -0.4 is 11.1 Å². The third-order valence-electron chi connectivity index (χ3n) is 4.50. The number of likely N-dealkylation sites (tertiary alicyclic amines) is 1. The number of carboxylic acid groups (broad SMARTS) is 1. The fourth-order valence-electron chi connectivity index (χ4n) is 2.84. The number of amides is 2. The summed E-state index contributed by atoms with van der Waals surface area (Å²) in [6.07, 6.45) is 1.48. The zero-order valence-electron chi connectivity index (χ0n) is 15.5. The number of nitrogens with zero attached hydrogens (tertiary/aromatic N) is 1. The second kappa shape index (κ2) is 10.6. The Balaban J connectivity index is 0.00000576. The minimum Gasteiger partial charge on any atom is -0.480 e. The van der Waals surface area contributed by atoms with Crippen LogP contribution in [-0.4, -0.2) is 53.0 Å². The third kappa shape index (κ3) is 7.20. The Morgan fingerprint density at radius 3 is 2.08 bits per heavy atom. The maximum Gasteiger partial charge on any atom is 0.326 e. The van der Waals surface area contributed by atoms with Crippen molar-refractivity contribution in [1.29, 1.82) is 0 Å². The van der Waals surface area contributed by atoms with Gasteiger partial charge in [0.2, 0.25) is 11.8 Å². The molecule has 1 heterocycles. The zero-order chi connectivity index (χ0) is 18.4. The number of piperidine rings is 1. The molecule has 25 heavy (non-hydrogen) atoms. The fraction of sp³-hybridized carbons (Fsp3) is 0.824. The highest BCUT2D eigenvalue weighted by atomic mass is 35.5. The van der Waals surface area contributed by atoms with Gasteiger partial charge in [-0.25, -0.2) is 4.79 Å². The molecule has 146 valence electrons. The number of nitrogens with one attached hydrogen (secondary N) is 1. The summed E-state index contributed by atoms with van der Waals surface area (Å²) in [5.74, 6) is -1.31. The van der Waals surface area contributed by atoms with E-state index in [0.717, 1.165) is 0 Å². The molecule has 1 rings (SSSR count). The molecule has 0 radical (unpaired) electrons. The number of rotatable bonds is 7. The number of hydrogen-bond acceptors (Lipinski definition) is 4. The summed E-state index contributed by atoms with van der Waals surface area (Å²) in [6.45, 7) is 8.62. The van der Waals surface area contributed by atoms with Crippen LogP contribution in [0.5, 0.6) is 0 Å². The molecule has 1 saturated heterocycles. The van der Waals surface area contributed by atoms with Gasteiger partial charge in [-0.3, -0.25) is 9.59 Å². The molecule has 2 atom stereocenters. The smallest absolute Gasteiger partial charge is 0.326 e. The van der Waals surface area contributed by atoms with Gasteiger partial charge in [0.25, 0.3) is 0 Å².